The first kappa shape index (κ1) is 23.9. The van der Waals surface area contributed by atoms with Crippen LogP contribution in [0.5, 0.6) is 0 Å². The summed E-state index contributed by atoms with van der Waals surface area (Å²) in [5.74, 6) is -1.85. The molecule has 0 heterocycles. The normalized spacial score (nSPS) is 12.0. The van der Waals surface area contributed by atoms with Gasteiger partial charge in [0.05, 0.1) is 16.1 Å². The van der Waals surface area contributed by atoms with Crippen LogP contribution in [0.1, 0.15) is 28.4 Å². The molecule has 3 rings (SSSR count). The zero-order valence-electron chi connectivity index (χ0n) is 18.3. The summed E-state index contributed by atoms with van der Waals surface area (Å²) in [4.78, 5) is 24.8. The van der Waals surface area contributed by atoms with Crippen molar-refractivity contribution >= 4 is 33.3 Å². The first-order valence-corrected chi connectivity index (χ1v) is 11.5. The van der Waals surface area contributed by atoms with E-state index in [1.807, 2.05) is 19.1 Å². The van der Waals surface area contributed by atoms with Gasteiger partial charge in [-0.1, -0.05) is 23.8 Å². The quantitative estimate of drug-likeness (QED) is 0.498. The van der Waals surface area contributed by atoms with E-state index in [2.05, 4.69) is 10.0 Å². The molecule has 0 saturated carbocycles. The lowest BCUT2D eigenvalue weighted by Gasteiger charge is -2.15. The summed E-state index contributed by atoms with van der Waals surface area (Å²) < 4.78 is 46.0. The highest BCUT2D eigenvalue weighted by Gasteiger charge is 2.21. The SMILES string of the molecule is Cc1ccc(NC(=O)[C@H](C)OC(=O)c2ccc(C)c(NS(=O)(=O)c3ccc(F)cc3)c2)cc1. The number of nitrogens with one attached hydrogen (secondary N) is 2. The van der Waals surface area contributed by atoms with Gasteiger partial charge in [-0.2, -0.15) is 0 Å². The number of esters is 1. The van der Waals surface area contributed by atoms with E-state index in [1.165, 1.54) is 19.1 Å². The largest absolute Gasteiger partial charge is 0.449 e. The Morgan fingerprint density at radius 3 is 2.21 bits per heavy atom. The molecule has 2 N–H and O–H groups in total. The number of rotatable bonds is 7. The summed E-state index contributed by atoms with van der Waals surface area (Å²) in [6.07, 6.45) is -1.08. The second-order valence-electron chi connectivity index (χ2n) is 7.49. The van der Waals surface area contributed by atoms with Gasteiger partial charge in [-0.3, -0.25) is 9.52 Å². The predicted octanol–water partition coefficient (Wildman–Crippen LogP) is 4.43. The van der Waals surface area contributed by atoms with E-state index in [4.69, 9.17) is 4.74 Å². The zero-order valence-corrected chi connectivity index (χ0v) is 19.1. The predicted molar refractivity (Wildman–Crippen MR) is 123 cm³/mol. The van der Waals surface area contributed by atoms with Crippen LogP contribution >= 0.6 is 0 Å². The number of hydrogen-bond acceptors (Lipinski definition) is 5. The van der Waals surface area contributed by atoms with Crippen LogP contribution in [0.3, 0.4) is 0 Å². The standard InChI is InChI=1S/C24H23FN2O5S/c1-15-4-10-20(11-5-15)26-23(28)17(3)32-24(29)18-7-6-16(2)22(14-18)27-33(30,31)21-12-8-19(25)9-13-21/h4-14,17,27H,1-3H3,(H,26,28)/t17-/m0/s1. The molecule has 0 spiro atoms. The number of carbonyl (C=O) groups is 2. The molecule has 0 aliphatic rings. The summed E-state index contributed by atoms with van der Waals surface area (Å²) >= 11 is 0. The number of amides is 1. The number of aryl methyl sites for hydroxylation is 2. The summed E-state index contributed by atoms with van der Waals surface area (Å²) in [6.45, 7) is 5.02. The molecule has 0 saturated heterocycles. The van der Waals surface area contributed by atoms with Crippen LogP contribution < -0.4 is 10.0 Å². The van der Waals surface area contributed by atoms with Crippen molar-refractivity contribution in [1.82, 2.24) is 0 Å². The number of hydrogen-bond donors (Lipinski definition) is 2. The average Bonchev–Trinajstić information content (AvgIpc) is 2.76. The van der Waals surface area contributed by atoms with Crippen LogP contribution in [0.2, 0.25) is 0 Å². The minimum absolute atomic E-state index is 0.0624. The second kappa shape index (κ2) is 9.83. The Kier molecular flexibility index (Phi) is 7.13. The third-order valence-corrected chi connectivity index (χ3v) is 6.20. The fourth-order valence-electron chi connectivity index (χ4n) is 2.84. The zero-order chi connectivity index (χ0) is 24.2. The van der Waals surface area contributed by atoms with E-state index in [0.717, 1.165) is 29.8 Å². The van der Waals surface area contributed by atoms with Crippen molar-refractivity contribution in [3.8, 4) is 0 Å². The molecule has 0 fully saturated rings. The van der Waals surface area contributed by atoms with Crippen molar-refractivity contribution in [3.63, 3.8) is 0 Å². The van der Waals surface area contributed by atoms with Crippen LogP contribution in [0.15, 0.2) is 71.6 Å². The van der Waals surface area contributed by atoms with Gasteiger partial charge in [0, 0.05) is 5.69 Å². The third kappa shape index (κ3) is 6.17. The van der Waals surface area contributed by atoms with Crippen molar-refractivity contribution in [1.29, 1.82) is 0 Å². The van der Waals surface area contributed by atoms with Crippen LogP contribution in [0, 0.1) is 19.7 Å². The maximum atomic E-state index is 13.1. The Morgan fingerprint density at radius 1 is 0.939 bits per heavy atom. The van der Waals surface area contributed by atoms with Gasteiger partial charge >= 0.3 is 5.97 Å². The average molecular weight is 471 g/mol. The third-order valence-electron chi connectivity index (χ3n) is 4.81. The van der Waals surface area contributed by atoms with Gasteiger partial charge in [0.25, 0.3) is 15.9 Å². The Hall–Kier alpha value is -3.72. The lowest BCUT2D eigenvalue weighted by atomic mass is 10.1. The van der Waals surface area contributed by atoms with Gasteiger partial charge in [-0.05, 0) is 74.9 Å². The van der Waals surface area contributed by atoms with Gasteiger partial charge < -0.3 is 10.1 Å². The minimum atomic E-state index is -4.00. The van der Waals surface area contributed by atoms with E-state index < -0.39 is 33.8 Å². The topological polar surface area (TPSA) is 102 Å². The molecular weight excluding hydrogens is 447 g/mol. The molecule has 33 heavy (non-hydrogen) atoms. The Balaban J connectivity index is 1.71. The fourth-order valence-corrected chi connectivity index (χ4v) is 3.96. The summed E-state index contributed by atoms with van der Waals surface area (Å²) in [5, 5.41) is 2.66. The van der Waals surface area contributed by atoms with Crippen LogP contribution in [-0.2, 0) is 19.6 Å². The number of ether oxygens (including phenoxy) is 1. The molecule has 3 aromatic carbocycles. The van der Waals surface area contributed by atoms with Crippen molar-refractivity contribution in [2.75, 3.05) is 10.0 Å². The smallest absolute Gasteiger partial charge is 0.338 e. The number of sulfonamides is 1. The number of carbonyl (C=O) groups excluding carboxylic acids is 2. The molecule has 1 amide bonds. The van der Waals surface area contributed by atoms with E-state index in [9.17, 15) is 22.4 Å². The van der Waals surface area contributed by atoms with Crippen LogP contribution in [0.25, 0.3) is 0 Å². The molecule has 0 aromatic heterocycles. The highest BCUT2D eigenvalue weighted by atomic mass is 32.2. The Morgan fingerprint density at radius 2 is 1.58 bits per heavy atom. The lowest BCUT2D eigenvalue weighted by Crippen LogP contribution is -2.30. The van der Waals surface area contributed by atoms with E-state index in [0.29, 0.717) is 11.3 Å². The van der Waals surface area contributed by atoms with E-state index in [1.54, 1.807) is 25.1 Å². The fraction of sp³-hybridized carbons (Fsp3) is 0.167. The number of benzene rings is 3. The van der Waals surface area contributed by atoms with E-state index in [-0.39, 0.29) is 16.1 Å². The Labute approximate surface area is 191 Å². The second-order valence-corrected chi connectivity index (χ2v) is 9.17. The van der Waals surface area contributed by atoms with Gasteiger partial charge in [0.15, 0.2) is 6.10 Å². The Bertz CT molecular complexity index is 1270. The maximum absolute atomic E-state index is 13.1. The van der Waals surface area contributed by atoms with Crippen molar-refractivity contribution in [3.05, 3.63) is 89.2 Å². The summed E-state index contributed by atoms with van der Waals surface area (Å²) in [7, 11) is -4.00. The van der Waals surface area contributed by atoms with Gasteiger partial charge in [-0.15, -0.1) is 0 Å². The van der Waals surface area contributed by atoms with Gasteiger partial charge in [0.1, 0.15) is 5.82 Å². The van der Waals surface area contributed by atoms with Crippen molar-refractivity contribution in [2.45, 2.75) is 31.8 Å². The van der Waals surface area contributed by atoms with Crippen LogP contribution in [-0.4, -0.2) is 26.4 Å². The monoisotopic (exact) mass is 470 g/mol. The lowest BCUT2D eigenvalue weighted by molar-refractivity contribution is -0.123. The first-order valence-electron chi connectivity index (χ1n) is 10.0. The summed E-state index contributed by atoms with van der Waals surface area (Å²) in [5.41, 5.74) is 2.39. The molecule has 0 bridgehead atoms. The summed E-state index contributed by atoms with van der Waals surface area (Å²) in [6, 6.07) is 15.9. The molecule has 9 heteroatoms. The molecule has 0 radical (unpaired) electrons. The van der Waals surface area contributed by atoms with Crippen LogP contribution in [0.4, 0.5) is 15.8 Å². The molecule has 172 valence electrons. The molecule has 0 aliphatic carbocycles. The molecule has 0 unspecified atom stereocenters. The van der Waals surface area contributed by atoms with Crippen molar-refractivity contribution < 1.29 is 27.1 Å². The molecule has 0 aliphatic heterocycles. The minimum Gasteiger partial charge on any atom is -0.449 e. The number of halogens is 1. The molecule has 1 atom stereocenters. The van der Waals surface area contributed by atoms with E-state index >= 15 is 0 Å². The van der Waals surface area contributed by atoms with Crippen molar-refractivity contribution in [2.24, 2.45) is 0 Å². The highest BCUT2D eigenvalue weighted by Crippen LogP contribution is 2.22. The molecule has 3 aromatic rings. The molecule has 7 nitrogen and oxygen atoms in total. The first-order chi connectivity index (χ1) is 15.5. The maximum Gasteiger partial charge on any atom is 0.338 e. The molecular formula is C24H23FN2O5S. The van der Waals surface area contributed by atoms with Gasteiger partial charge in [0.2, 0.25) is 0 Å². The number of anilines is 2. The highest BCUT2D eigenvalue weighted by molar-refractivity contribution is 7.92. The van der Waals surface area contributed by atoms with Gasteiger partial charge in [-0.25, -0.2) is 17.6 Å².